The van der Waals surface area contributed by atoms with Gasteiger partial charge in [0.2, 0.25) is 0 Å². The lowest BCUT2D eigenvalue weighted by molar-refractivity contribution is 0.0412. The van der Waals surface area contributed by atoms with Crippen molar-refractivity contribution in [1.29, 1.82) is 0 Å². The largest absolute Gasteiger partial charge is 0.381 e. The van der Waals surface area contributed by atoms with E-state index in [2.05, 4.69) is 30.6 Å². The first-order chi connectivity index (χ1) is 8.67. The van der Waals surface area contributed by atoms with Gasteiger partial charge >= 0.3 is 0 Å². The molecule has 108 valence electrons. The van der Waals surface area contributed by atoms with Crippen LogP contribution in [0.4, 0.5) is 0 Å². The third-order valence-corrected chi connectivity index (χ3v) is 4.03. The molecule has 0 atom stereocenters. The van der Waals surface area contributed by atoms with Gasteiger partial charge in [0.25, 0.3) is 0 Å². The number of hydrogen-bond acceptors (Lipinski definition) is 3. The Morgan fingerprint density at radius 3 is 2.00 bits per heavy atom. The highest BCUT2D eigenvalue weighted by atomic mass is 16.5. The van der Waals surface area contributed by atoms with E-state index in [0.717, 1.165) is 6.04 Å². The second-order valence-electron chi connectivity index (χ2n) is 5.76. The minimum absolute atomic E-state index is 0.531. The van der Waals surface area contributed by atoms with E-state index in [1.807, 2.05) is 7.11 Å². The van der Waals surface area contributed by atoms with E-state index in [0.29, 0.717) is 6.10 Å². The van der Waals surface area contributed by atoms with Crippen molar-refractivity contribution in [3.05, 3.63) is 0 Å². The third-order valence-electron chi connectivity index (χ3n) is 4.03. The summed E-state index contributed by atoms with van der Waals surface area (Å²) < 4.78 is 5.29. The highest BCUT2D eigenvalue weighted by Crippen LogP contribution is 2.12. The van der Waals surface area contributed by atoms with Crippen molar-refractivity contribution in [2.75, 3.05) is 39.8 Å². The normalized spacial score (nSPS) is 22.5. The zero-order chi connectivity index (χ0) is 13.4. The van der Waals surface area contributed by atoms with Gasteiger partial charge in [-0.1, -0.05) is 6.92 Å². The van der Waals surface area contributed by atoms with Crippen molar-refractivity contribution in [3.63, 3.8) is 0 Å². The van der Waals surface area contributed by atoms with Gasteiger partial charge in [0.05, 0.1) is 6.10 Å². The van der Waals surface area contributed by atoms with E-state index in [-0.39, 0.29) is 0 Å². The number of methoxy groups -OCH3 is 1. The summed E-state index contributed by atoms with van der Waals surface area (Å²) in [5.41, 5.74) is 0. The van der Waals surface area contributed by atoms with Gasteiger partial charge in [0.15, 0.2) is 0 Å². The molecule has 18 heavy (non-hydrogen) atoms. The molecule has 0 spiro atoms. The average Bonchev–Trinajstić information content (AvgIpc) is 2.28. The van der Waals surface area contributed by atoms with Gasteiger partial charge in [-0.05, 0) is 59.2 Å². The van der Waals surface area contributed by atoms with Crippen molar-refractivity contribution in [3.8, 4) is 0 Å². The monoisotopic (exact) mass is 256 g/mol. The lowest BCUT2D eigenvalue weighted by Crippen LogP contribution is -2.41. The zero-order valence-electron chi connectivity index (χ0n) is 12.8. The Balaban J connectivity index is 0.000000199. The van der Waals surface area contributed by atoms with Gasteiger partial charge in [0.1, 0.15) is 0 Å². The molecule has 3 heteroatoms. The molecule has 2 fully saturated rings. The van der Waals surface area contributed by atoms with Crippen LogP contribution in [-0.2, 0) is 4.74 Å². The van der Waals surface area contributed by atoms with E-state index < -0.39 is 0 Å². The molecule has 0 N–H and O–H groups in total. The number of rotatable bonds is 4. The Morgan fingerprint density at radius 1 is 1.11 bits per heavy atom. The summed E-state index contributed by atoms with van der Waals surface area (Å²) in [6, 6.07) is 0.786. The maximum absolute atomic E-state index is 5.29. The molecule has 2 aliphatic rings. The number of piperidine rings is 1. The fraction of sp³-hybridized carbons (Fsp3) is 1.00. The molecule has 2 aliphatic heterocycles. The van der Waals surface area contributed by atoms with Gasteiger partial charge in [-0.2, -0.15) is 0 Å². The van der Waals surface area contributed by atoms with Crippen LogP contribution in [0.25, 0.3) is 0 Å². The van der Waals surface area contributed by atoms with E-state index in [9.17, 15) is 0 Å². The molecule has 0 saturated carbocycles. The molecular weight excluding hydrogens is 224 g/mol. The van der Waals surface area contributed by atoms with Crippen LogP contribution in [0.1, 0.15) is 46.5 Å². The molecule has 0 radical (unpaired) electrons. The molecule has 0 aromatic carbocycles. The smallest absolute Gasteiger partial charge is 0.0595 e. The maximum atomic E-state index is 5.29. The highest BCUT2D eigenvalue weighted by Gasteiger charge is 2.17. The summed E-state index contributed by atoms with van der Waals surface area (Å²) >= 11 is 0. The van der Waals surface area contributed by atoms with Gasteiger partial charge in [-0.25, -0.2) is 0 Å². The van der Waals surface area contributed by atoms with E-state index >= 15 is 0 Å². The predicted molar refractivity (Wildman–Crippen MR) is 78.1 cm³/mol. The molecule has 0 aliphatic carbocycles. The van der Waals surface area contributed by atoms with Crippen LogP contribution in [0.15, 0.2) is 0 Å². The van der Waals surface area contributed by atoms with Crippen LogP contribution >= 0.6 is 0 Å². The standard InChI is InChI=1S/C9H19NO.C6H13N/c1-3-6-10-7-4-9(11-2)5-8-10;1-6(2)7-4-3-5-7/h9H,3-8H2,1-2H3;6H,3-5H2,1-2H3. The fourth-order valence-corrected chi connectivity index (χ4v) is 2.54. The summed E-state index contributed by atoms with van der Waals surface area (Å²) in [5, 5.41) is 0. The topological polar surface area (TPSA) is 15.7 Å². The first-order valence-corrected chi connectivity index (χ1v) is 7.66. The highest BCUT2D eigenvalue weighted by molar-refractivity contribution is 4.71. The van der Waals surface area contributed by atoms with Crippen molar-refractivity contribution >= 4 is 0 Å². The SMILES string of the molecule is CC(C)N1CCC1.CCCN1CCC(OC)CC1. The summed E-state index contributed by atoms with van der Waals surface area (Å²) in [4.78, 5) is 5.00. The second-order valence-corrected chi connectivity index (χ2v) is 5.76. The van der Waals surface area contributed by atoms with Crippen molar-refractivity contribution in [2.24, 2.45) is 0 Å². The summed E-state index contributed by atoms with van der Waals surface area (Å²) in [6.07, 6.45) is 5.66. The molecule has 2 rings (SSSR count). The summed E-state index contributed by atoms with van der Waals surface area (Å²) in [6.45, 7) is 13.1. The fourth-order valence-electron chi connectivity index (χ4n) is 2.54. The van der Waals surface area contributed by atoms with Gasteiger partial charge in [-0.3, -0.25) is 0 Å². The van der Waals surface area contributed by atoms with Gasteiger partial charge < -0.3 is 14.5 Å². The molecule has 0 aromatic rings. The Labute approximate surface area is 113 Å². The van der Waals surface area contributed by atoms with Crippen LogP contribution < -0.4 is 0 Å². The lowest BCUT2D eigenvalue weighted by atomic mass is 10.1. The molecule has 0 amide bonds. The van der Waals surface area contributed by atoms with Crippen molar-refractivity contribution < 1.29 is 4.74 Å². The zero-order valence-corrected chi connectivity index (χ0v) is 12.8. The average molecular weight is 256 g/mol. The second kappa shape index (κ2) is 8.89. The Bertz CT molecular complexity index is 197. The minimum atomic E-state index is 0.531. The molecule has 2 saturated heterocycles. The van der Waals surface area contributed by atoms with Crippen LogP contribution in [0.3, 0.4) is 0 Å². The van der Waals surface area contributed by atoms with Crippen molar-refractivity contribution in [1.82, 2.24) is 9.80 Å². The lowest BCUT2D eigenvalue weighted by Gasteiger charge is -2.34. The minimum Gasteiger partial charge on any atom is -0.381 e. The summed E-state index contributed by atoms with van der Waals surface area (Å²) in [7, 11) is 1.82. The van der Waals surface area contributed by atoms with Crippen LogP contribution in [0.5, 0.6) is 0 Å². The van der Waals surface area contributed by atoms with Gasteiger partial charge in [-0.15, -0.1) is 0 Å². The first-order valence-electron chi connectivity index (χ1n) is 7.66. The first kappa shape index (κ1) is 15.9. The van der Waals surface area contributed by atoms with E-state index in [4.69, 9.17) is 4.74 Å². The number of likely N-dealkylation sites (tertiary alicyclic amines) is 2. The predicted octanol–water partition coefficient (Wildman–Crippen LogP) is 2.61. The molecule has 0 aromatic heterocycles. The van der Waals surface area contributed by atoms with Crippen LogP contribution in [0, 0.1) is 0 Å². The maximum Gasteiger partial charge on any atom is 0.0595 e. The van der Waals surface area contributed by atoms with E-state index in [1.165, 1.54) is 58.4 Å². The quantitative estimate of drug-likeness (QED) is 0.769. The Hall–Kier alpha value is -0.120. The number of nitrogens with zero attached hydrogens (tertiary/aromatic N) is 2. The molecule has 0 bridgehead atoms. The number of hydrogen-bond donors (Lipinski definition) is 0. The number of ether oxygens (including phenoxy) is 1. The Morgan fingerprint density at radius 2 is 1.72 bits per heavy atom. The molecule has 0 unspecified atom stereocenters. The Kier molecular flexibility index (Phi) is 7.87. The van der Waals surface area contributed by atoms with E-state index in [1.54, 1.807) is 0 Å². The van der Waals surface area contributed by atoms with Crippen LogP contribution in [-0.4, -0.2) is 61.8 Å². The van der Waals surface area contributed by atoms with Crippen LogP contribution in [0.2, 0.25) is 0 Å². The molecular formula is C15H32N2O. The molecule has 3 nitrogen and oxygen atoms in total. The molecule has 2 heterocycles. The summed E-state index contributed by atoms with van der Waals surface area (Å²) in [5.74, 6) is 0. The third kappa shape index (κ3) is 5.68. The van der Waals surface area contributed by atoms with Gasteiger partial charge in [0, 0.05) is 26.2 Å². The van der Waals surface area contributed by atoms with Crippen molar-refractivity contribution in [2.45, 2.75) is 58.6 Å².